The molecule has 0 atom stereocenters. The van der Waals surface area contributed by atoms with Gasteiger partial charge in [-0.25, -0.2) is 4.79 Å². The van der Waals surface area contributed by atoms with Gasteiger partial charge in [-0.2, -0.15) is 0 Å². The van der Waals surface area contributed by atoms with Crippen LogP contribution in [-0.2, 0) is 4.79 Å². The van der Waals surface area contributed by atoms with Gasteiger partial charge in [-0.05, 0) is 63.7 Å². The Hall–Kier alpha value is -2.62. The number of carbonyl (C=O) groups is 3. The number of hydrogen-bond acceptors (Lipinski definition) is 6. The number of carbonyl (C=O) groups excluding carboxylic acids is 3. The Kier molecular flexibility index (Phi) is 7.43. The van der Waals surface area contributed by atoms with Crippen molar-refractivity contribution in [2.45, 2.75) is 26.3 Å². The topological polar surface area (TPSA) is 91.0 Å². The summed E-state index contributed by atoms with van der Waals surface area (Å²) in [5.74, 6) is -0.428. The van der Waals surface area contributed by atoms with E-state index in [1.807, 2.05) is 18.9 Å². The minimum atomic E-state index is -1.24. The highest BCUT2D eigenvalue weighted by atomic mass is 35.5. The lowest BCUT2D eigenvalue weighted by molar-refractivity contribution is -0.121. The van der Waals surface area contributed by atoms with Crippen LogP contribution < -0.4 is 15.4 Å². The number of nitrogens with one attached hydrogen (secondary N) is 2. The first-order chi connectivity index (χ1) is 15.0. The van der Waals surface area contributed by atoms with Gasteiger partial charge in [-0.3, -0.25) is 9.59 Å². The molecule has 1 aromatic heterocycles. The quantitative estimate of drug-likeness (QED) is 0.685. The van der Waals surface area contributed by atoms with Gasteiger partial charge in [0.15, 0.2) is 5.06 Å². The standard InChI is InChI=1S/C22H27ClN4O4S/c1-14-13-15(5-6-16(14)19(28)27-11-9-26(4)10-12-27)24-20(29)22(2,3)25-21(30)31-18-8-7-17(23)32-18/h5-8,13H,9-12H2,1-4H3,(H,24,29)(H,25,30). The van der Waals surface area contributed by atoms with Gasteiger partial charge in [0.05, 0.1) is 4.34 Å². The molecule has 172 valence electrons. The van der Waals surface area contributed by atoms with E-state index < -0.39 is 17.5 Å². The maximum Gasteiger partial charge on any atom is 0.414 e. The normalized spacial score (nSPS) is 14.7. The van der Waals surface area contributed by atoms with Crippen molar-refractivity contribution in [3.63, 3.8) is 0 Å². The molecule has 3 amide bonds. The van der Waals surface area contributed by atoms with Gasteiger partial charge in [0.25, 0.3) is 5.91 Å². The summed E-state index contributed by atoms with van der Waals surface area (Å²) in [6.07, 6.45) is -0.757. The minimum Gasteiger partial charge on any atom is -0.399 e. The van der Waals surface area contributed by atoms with Gasteiger partial charge in [0, 0.05) is 37.4 Å². The predicted molar refractivity (Wildman–Crippen MR) is 126 cm³/mol. The molecule has 1 saturated heterocycles. The Bertz CT molecular complexity index is 1020. The SMILES string of the molecule is Cc1cc(NC(=O)C(C)(C)NC(=O)Oc2ccc(Cl)s2)ccc1C(=O)N1CCN(C)CC1. The van der Waals surface area contributed by atoms with E-state index >= 15 is 0 Å². The fourth-order valence-corrected chi connectivity index (χ4v) is 4.10. The second-order valence-electron chi connectivity index (χ2n) is 8.28. The van der Waals surface area contributed by atoms with Crippen molar-refractivity contribution < 1.29 is 19.1 Å². The molecule has 0 aliphatic carbocycles. The molecule has 1 fully saturated rings. The number of thiophene rings is 1. The third kappa shape index (κ3) is 5.99. The zero-order chi connectivity index (χ0) is 23.5. The van der Waals surface area contributed by atoms with Gasteiger partial charge in [0.1, 0.15) is 5.54 Å². The van der Waals surface area contributed by atoms with Gasteiger partial charge in [-0.1, -0.05) is 22.9 Å². The fraction of sp³-hybridized carbons (Fsp3) is 0.409. The summed E-state index contributed by atoms with van der Waals surface area (Å²) in [7, 11) is 2.04. The summed E-state index contributed by atoms with van der Waals surface area (Å²) in [5.41, 5.74) is 0.686. The van der Waals surface area contributed by atoms with Crippen LogP contribution >= 0.6 is 22.9 Å². The first-order valence-corrected chi connectivity index (χ1v) is 11.4. The largest absolute Gasteiger partial charge is 0.414 e. The zero-order valence-electron chi connectivity index (χ0n) is 18.5. The van der Waals surface area contributed by atoms with Gasteiger partial charge in [-0.15, -0.1) is 0 Å². The monoisotopic (exact) mass is 478 g/mol. The van der Waals surface area contributed by atoms with Crippen LogP contribution in [0, 0.1) is 6.92 Å². The molecule has 32 heavy (non-hydrogen) atoms. The van der Waals surface area contributed by atoms with Gasteiger partial charge < -0.3 is 25.2 Å². The average molecular weight is 479 g/mol. The van der Waals surface area contributed by atoms with Crippen LogP contribution in [0.25, 0.3) is 0 Å². The molecule has 1 aromatic carbocycles. The van der Waals surface area contributed by atoms with Crippen molar-refractivity contribution in [3.8, 4) is 5.06 Å². The number of anilines is 1. The molecule has 0 spiro atoms. The predicted octanol–water partition coefficient (Wildman–Crippen LogP) is 3.60. The molecule has 2 heterocycles. The second kappa shape index (κ2) is 9.89. The van der Waals surface area contributed by atoms with Crippen LogP contribution in [0.1, 0.15) is 29.8 Å². The highest BCUT2D eigenvalue weighted by Crippen LogP contribution is 2.28. The molecule has 0 radical (unpaired) electrons. The molecule has 0 bridgehead atoms. The van der Waals surface area contributed by atoms with Crippen molar-refractivity contribution >= 4 is 46.5 Å². The summed E-state index contributed by atoms with van der Waals surface area (Å²) < 4.78 is 5.65. The molecule has 0 saturated carbocycles. The van der Waals surface area contributed by atoms with E-state index in [1.165, 1.54) is 0 Å². The van der Waals surface area contributed by atoms with E-state index in [0.29, 0.717) is 33.7 Å². The van der Waals surface area contributed by atoms with Crippen molar-refractivity contribution in [2.75, 3.05) is 38.5 Å². The Morgan fingerprint density at radius 3 is 2.38 bits per heavy atom. The van der Waals surface area contributed by atoms with Crippen LogP contribution in [0.3, 0.4) is 0 Å². The van der Waals surface area contributed by atoms with Crippen LogP contribution in [0.5, 0.6) is 5.06 Å². The molecule has 0 unspecified atom stereocenters. The van der Waals surface area contributed by atoms with E-state index in [2.05, 4.69) is 15.5 Å². The number of halogens is 1. The summed E-state index contributed by atoms with van der Waals surface area (Å²) in [6, 6.07) is 8.36. The Balaban J connectivity index is 1.60. The summed E-state index contributed by atoms with van der Waals surface area (Å²) in [4.78, 5) is 41.8. The molecule has 1 aliphatic heterocycles. The number of ether oxygens (including phenoxy) is 1. The zero-order valence-corrected chi connectivity index (χ0v) is 20.1. The van der Waals surface area contributed by atoms with Crippen LogP contribution in [0.4, 0.5) is 10.5 Å². The lowest BCUT2D eigenvalue weighted by atomic mass is 10.0. The van der Waals surface area contributed by atoms with E-state index in [0.717, 1.165) is 30.0 Å². The van der Waals surface area contributed by atoms with Crippen LogP contribution in [0.2, 0.25) is 4.34 Å². The summed E-state index contributed by atoms with van der Waals surface area (Å²) in [6.45, 7) is 8.08. The van der Waals surface area contributed by atoms with Gasteiger partial charge in [0.2, 0.25) is 5.91 Å². The minimum absolute atomic E-state index is 0.00750. The third-order valence-corrected chi connectivity index (χ3v) is 6.34. The molecule has 10 heteroatoms. The molecule has 2 N–H and O–H groups in total. The fourth-order valence-electron chi connectivity index (χ4n) is 3.23. The first-order valence-electron chi connectivity index (χ1n) is 10.2. The first kappa shape index (κ1) is 24.0. The van der Waals surface area contributed by atoms with Crippen molar-refractivity contribution in [2.24, 2.45) is 0 Å². The number of likely N-dealkylation sites (N-methyl/N-ethyl adjacent to an activating group) is 1. The summed E-state index contributed by atoms with van der Waals surface area (Å²) in [5, 5.41) is 5.67. The molecule has 8 nitrogen and oxygen atoms in total. The second-order valence-corrected chi connectivity index (χ2v) is 9.95. The molecular formula is C22H27ClN4O4S. The van der Waals surface area contributed by atoms with E-state index in [1.54, 1.807) is 44.2 Å². The maximum absolute atomic E-state index is 12.8. The van der Waals surface area contributed by atoms with E-state index in [-0.39, 0.29) is 5.91 Å². The number of piperazine rings is 1. The molecule has 1 aliphatic rings. The highest BCUT2D eigenvalue weighted by Gasteiger charge is 2.31. The van der Waals surface area contributed by atoms with Crippen LogP contribution in [-0.4, -0.2) is 66.5 Å². The van der Waals surface area contributed by atoms with Crippen molar-refractivity contribution in [1.29, 1.82) is 0 Å². The molecule has 3 rings (SSSR count). The number of amides is 3. The average Bonchev–Trinajstić information content (AvgIpc) is 3.12. The molecule has 2 aromatic rings. The lowest BCUT2D eigenvalue weighted by Gasteiger charge is -2.32. The Morgan fingerprint density at radius 2 is 1.78 bits per heavy atom. The van der Waals surface area contributed by atoms with Crippen molar-refractivity contribution in [3.05, 3.63) is 45.8 Å². The molecular weight excluding hydrogens is 452 g/mol. The van der Waals surface area contributed by atoms with E-state index in [4.69, 9.17) is 16.3 Å². The van der Waals surface area contributed by atoms with Crippen LogP contribution in [0.15, 0.2) is 30.3 Å². The third-order valence-electron chi connectivity index (χ3n) is 5.23. The maximum atomic E-state index is 12.8. The Labute approximate surface area is 196 Å². The summed E-state index contributed by atoms with van der Waals surface area (Å²) >= 11 is 6.95. The van der Waals surface area contributed by atoms with E-state index in [9.17, 15) is 14.4 Å². The number of nitrogens with zero attached hydrogens (tertiary/aromatic N) is 2. The van der Waals surface area contributed by atoms with Crippen molar-refractivity contribution in [1.82, 2.24) is 15.1 Å². The lowest BCUT2D eigenvalue weighted by Crippen LogP contribution is -2.53. The highest BCUT2D eigenvalue weighted by molar-refractivity contribution is 7.17. The number of aryl methyl sites for hydroxylation is 1. The number of benzene rings is 1. The smallest absolute Gasteiger partial charge is 0.399 e. The Morgan fingerprint density at radius 1 is 1.09 bits per heavy atom. The van der Waals surface area contributed by atoms with Gasteiger partial charge >= 0.3 is 6.09 Å². The number of rotatable bonds is 5. The number of hydrogen-bond donors (Lipinski definition) is 2.